The van der Waals surface area contributed by atoms with Crippen molar-refractivity contribution in [2.24, 2.45) is 0 Å². The Morgan fingerprint density at radius 1 is 1.28 bits per heavy atom. The number of hydrogen-bond donors (Lipinski definition) is 2. The van der Waals surface area contributed by atoms with Gasteiger partial charge in [-0.25, -0.2) is 9.97 Å². The quantitative estimate of drug-likeness (QED) is 0.715. The highest BCUT2D eigenvalue weighted by Gasteiger charge is 2.12. The summed E-state index contributed by atoms with van der Waals surface area (Å²) in [6.45, 7) is 0.105. The van der Waals surface area contributed by atoms with Gasteiger partial charge in [-0.15, -0.1) is 0 Å². The van der Waals surface area contributed by atoms with E-state index in [2.05, 4.69) is 15.3 Å². The van der Waals surface area contributed by atoms with Crippen LogP contribution in [-0.4, -0.2) is 39.2 Å². The van der Waals surface area contributed by atoms with Crippen LogP contribution in [0, 0.1) is 0 Å². The molecule has 0 aliphatic carbocycles. The monoisotopic (exact) mass is 338 g/mol. The van der Waals surface area contributed by atoms with Crippen LogP contribution in [0.2, 0.25) is 0 Å². The minimum Gasteiger partial charge on any atom is -0.497 e. The SMILES string of the molecule is COc1ccc(C(O)CNC(=O)c2ccnc(-n3ccnc3)c2)cc1. The lowest BCUT2D eigenvalue weighted by Gasteiger charge is -2.13. The first-order chi connectivity index (χ1) is 12.2. The standard InChI is InChI=1S/C18H18N4O3/c1-25-15-4-2-13(3-5-15)16(23)11-21-18(24)14-6-7-20-17(10-14)22-9-8-19-12-22/h2-10,12,16,23H,11H2,1H3,(H,21,24). The molecule has 0 spiro atoms. The van der Waals surface area contributed by atoms with E-state index >= 15 is 0 Å². The van der Waals surface area contributed by atoms with Gasteiger partial charge in [0.25, 0.3) is 5.91 Å². The van der Waals surface area contributed by atoms with Crippen LogP contribution in [0.5, 0.6) is 5.75 Å². The van der Waals surface area contributed by atoms with E-state index in [0.29, 0.717) is 22.7 Å². The van der Waals surface area contributed by atoms with Crippen LogP contribution in [-0.2, 0) is 0 Å². The Bertz CT molecular complexity index is 832. The molecule has 0 aliphatic rings. The first-order valence-electron chi connectivity index (χ1n) is 7.72. The Kier molecular flexibility index (Phi) is 5.06. The molecule has 1 aromatic carbocycles. The number of aromatic nitrogens is 3. The Hall–Kier alpha value is -3.19. The predicted molar refractivity (Wildman–Crippen MR) is 91.6 cm³/mol. The van der Waals surface area contributed by atoms with E-state index in [0.717, 1.165) is 0 Å². The van der Waals surface area contributed by atoms with Gasteiger partial charge in [-0.1, -0.05) is 12.1 Å². The maximum absolute atomic E-state index is 12.3. The molecule has 0 aliphatic heterocycles. The average Bonchev–Trinajstić information content (AvgIpc) is 3.21. The molecule has 128 valence electrons. The van der Waals surface area contributed by atoms with Gasteiger partial charge in [0.2, 0.25) is 0 Å². The highest BCUT2D eigenvalue weighted by molar-refractivity contribution is 5.94. The average molecular weight is 338 g/mol. The number of pyridine rings is 1. The lowest BCUT2D eigenvalue weighted by atomic mass is 10.1. The lowest BCUT2D eigenvalue weighted by Crippen LogP contribution is -2.28. The minimum absolute atomic E-state index is 0.105. The number of imidazole rings is 1. The molecule has 0 fully saturated rings. The van der Waals surface area contributed by atoms with Crippen LogP contribution in [0.4, 0.5) is 0 Å². The van der Waals surface area contributed by atoms with Gasteiger partial charge in [0.15, 0.2) is 0 Å². The maximum Gasteiger partial charge on any atom is 0.251 e. The molecule has 7 heteroatoms. The second-order valence-electron chi connectivity index (χ2n) is 5.37. The normalized spacial score (nSPS) is 11.8. The van der Waals surface area contributed by atoms with Crippen LogP contribution < -0.4 is 10.1 Å². The molecule has 1 amide bonds. The summed E-state index contributed by atoms with van der Waals surface area (Å²) in [4.78, 5) is 20.5. The molecular formula is C18H18N4O3. The number of rotatable bonds is 6. The number of hydrogen-bond acceptors (Lipinski definition) is 5. The van der Waals surface area contributed by atoms with Crippen molar-refractivity contribution in [2.75, 3.05) is 13.7 Å². The zero-order valence-electron chi connectivity index (χ0n) is 13.7. The fourth-order valence-corrected chi connectivity index (χ4v) is 2.33. The van der Waals surface area contributed by atoms with Crippen LogP contribution in [0.15, 0.2) is 61.3 Å². The predicted octanol–water partition coefficient (Wildman–Crippen LogP) is 1.74. The Balaban J connectivity index is 1.63. The molecule has 2 aromatic heterocycles. The van der Waals surface area contributed by atoms with Crippen molar-refractivity contribution < 1.29 is 14.6 Å². The summed E-state index contributed by atoms with van der Waals surface area (Å²) in [5.41, 5.74) is 1.16. The van der Waals surface area contributed by atoms with Crippen LogP contribution in [0.25, 0.3) is 5.82 Å². The van der Waals surface area contributed by atoms with Gasteiger partial charge in [-0.05, 0) is 29.8 Å². The molecule has 1 unspecified atom stereocenters. The summed E-state index contributed by atoms with van der Waals surface area (Å²) in [5.74, 6) is 1.03. The Labute approximate surface area is 144 Å². The smallest absolute Gasteiger partial charge is 0.251 e. The van der Waals surface area contributed by atoms with E-state index in [4.69, 9.17) is 4.74 Å². The van der Waals surface area contributed by atoms with E-state index < -0.39 is 6.10 Å². The number of aliphatic hydroxyl groups is 1. The van der Waals surface area contributed by atoms with E-state index in [1.165, 1.54) is 0 Å². The first kappa shape index (κ1) is 16.7. The Morgan fingerprint density at radius 3 is 2.76 bits per heavy atom. The third-order valence-corrected chi connectivity index (χ3v) is 3.73. The van der Waals surface area contributed by atoms with Gasteiger partial charge in [0.1, 0.15) is 17.9 Å². The number of ether oxygens (including phenoxy) is 1. The van der Waals surface area contributed by atoms with Gasteiger partial charge in [-0.3, -0.25) is 9.36 Å². The van der Waals surface area contributed by atoms with Gasteiger partial charge in [0, 0.05) is 30.7 Å². The largest absolute Gasteiger partial charge is 0.497 e. The molecule has 25 heavy (non-hydrogen) atoms. The molecule has 0 bridgehead atoms. The van der Waals surface area contributed by atoms with E-state index in [-0.39, 0.29) is 12.5 Å². The van der Waals surface area contributed by atoms with Crippen molar-refractivity contribution in [3.63, 3.8) is 0 Å². The summed E-state index contributed by atoms with van der Waals surface area (Å²) >= 11 is 0. The summed E-state index contributed by atoms with van der Waals surface area (Å²) in [5, 5.41) is 12.9. The van der Waals surface area contributed by atoms with Gasteiger partial charge in [0.05, 0.1) is 13.2 Å². The number of methoxy groups -OCH3 is 1. The van der Waals surface area contributed by atoms with Crippen molar-refractivity contribution in [2.45, 2.75) is 6.10 Å². The van der Waals surface area contributed by atoms with Crippen molar-refractivity contribution >= 4 is 5.91 Å². The minimum atomic E-state index is -0.801. The molecule has 7 nitrogen and oxygen atoms in total. The van der Waals surface area contributed by atoms with E-state index in [1.54, 1.807) is 73.0 Å². The van der Waals surface area contributed by atoms with E-state index in [1.807, 2.05) is 0 Å². The molecule has 3 rings (SSSR count). The zero-order valence-corrected chi connectivity index (χ0v) is 13.7. The fraction of sp³-hybridized carbons (Fsp3) is 0.167. The van der Waals surface area contributed by atoms with Crippen LogP contribution in [0.1, 0.15) is 22.0 Å². The van der Waals surface area contributed by atoms with Gasteiger partial charge < -0.3 is 15.2 Å². The molecule has 0 radical (unpaired) electrons. The fourth-order valence-electron chi connectivity index (χ4n) is 2.33. The number of nitrogens with one attached hydrogen (secondary N) is 1. The van der Waals surface area contributed by atoms with E-state index in [9.17, 15) is 9.90 Å². The molecule has 1 atom stereocenters. The number of nitrogens with zero attached hydrogens (tertiary/aromatic N) is 3. The summed E-state index contributed by atoms with van der Waals surface area (Å²) in [6, 6.07) is 10.3. The maximum atomic E-state index is 12.3. The second-order valence-corrected chi connectivity index (χ2v) is 5.37. The first-order valence-corrected chi connectivity index (χ1v) is 7.72. The molecule has 2 N–H and O–H groups in total. The second kappa shape index (κ2) is 7.59. The molecule has 2 heterocycles. The van der Waals surface area contributed by atoms with Gasteiger partial charge >= 0.3 is 0 Å². The van der Waals surface area contributed by atoms with Crippen molar-refractivity contribution in [3.8, 4) is 11.6 Å². The summed E-state index contributed by atoms with van der Waals surface area (Å²) in [7, 11) is 1.58. The number of carbonyl (C=O) groups excluding carboxylic acids is 1. The lowest BCUT2D eigenvalue weighted by molar-refractivity contribution is 0.0916. The third kappa shape index (κ3) is 4.02. The Morgan fingerprint density at radius 2 is 2.08 bits per heavy atom. The zero-order chi connectivity index (χ0) is 17.6. The summed E-state index contributed by atoms with van der Waals surface area (Å²) < 4.78 is 6.79. The van der Waals surface area contributed by atoms with Crippen molar-refractivity contribution in [3.05, 3.63) is 72.4 Å². The van der Waals surface area contributed by atoms with Gasteiger partial charge in [-0.2, -0.15) is 0 Å². The van der Waals surface area contributed by atoms with Crippen LogP contribution >= 0.6 is 0 Å². The van der Waals surface area contributed by atoms with Crippen LogP contribution in [0.3, 0.4) is 0 Å². The highest BCUT2D eigenvalue weighted by Crippen LogP contribution is 2.17. The van der Waals surface area contributed by atoms with Crippen molar-refractivity contribution in [1.29, 1.82) is 0 Å². The number of amides is 1. The number of aliphatic hydroxyl groups excluding tert-OH is 1. The van der Waals surface area contributed by atoms with Crippen molar-refractivity contribution in [1.82, 2.24) is 19.9 Å². The molecular weight excluding hydrogens is 320 g/mol. The number of carbonyl (C=O) groups is 1. The molecule has 3 aromatic rings. The highest BCUT2D eigenvalue weighted by atomic mass is 16.5. The third-order valence-electron chi connectivity index (χ3n) is 3.73. The summed E-state index contributed by atoms with van der Waals surface area (Å²) in [6.07, 6.45) is 5.75. The molecule has 0 saturated carbocycles. The molecule has 0 saturated heterocycles. The number of benzene rings is 1. The topological polar surface area (TPSA) is 89.3 Å².